The minimum Gasteiger partial charge on any atom is -0.481 e. The maximum atomic E-state index is 12.4. The molecule has 0 saturated carbocycles. The summed E-state index contributed by atoms with van der Waals surface area (Å²) in [7, 11) is 1.58. The van der Waals surface area contributed by atoms with Crippen LogP contribution in [0.1, 0.15) is 18.7 Å². The van der Waals surface area contributed by atoms with Crippen LogP contribution in [0.25, 0.3) is 0 Å². The van der Waals surface area contributed by atoms with Gasteiger partial charge in [-0.2, -0.15) is 4.98 Å². The fourth-order valence-electron chi connectivity index (χ4n) is 2.97. The number of amides is 2. The van der Waals surface area contributed by atoms with E-state index in [0.29, 0.717) is 50.7 Å². The van der Waals surface area contributed by atoms with Crippen molar-refractivity contribution in [3.63, 3.8) is 0 Å². The number of anilines is 1. The molecule has 124 valence electrons. The van der Waals surface area contributed by atoms with Gasteiger partial charge in [-0.15, -0.1) is 0 Å². The maximum absolute atomic E-state index is 12.4. The molecule has 0 unspecified atom stereocenters. The largest absolute Gasteiger partial charge is 0.481 e. The van der Waals surface area contributed by atoms with Crippen LogP contribution < -0.4 is 15.0 Å². The van der Waals surface area contributed by atoms with Crippen LogP contribution in [-0.2, 0) is 9.59 Å². The van der Waals surface area contributed by atoms with E-state index in [4.69, 9.17) is 4.74 Å². The van der Waals surface area contributed by atoms with Crippen molar-refractivity contribution in [1.82, 2.24) is 20.2 Å². The first-order chi connectivity index (χ1) is 11.1. The van der Waals surface area contributed by atoms with Gasteiger partial charge in [-0.05, 0) is 13.3 Å². The molecule has 2 fully saturated rings. The summed E-state index contributed by atoms with van der Waals surface area (Å²) in [6, 6.07) is 1.46. The molecule has 2 amide bonds. The van der Waals surface area contributed by atoms with Gasteiger partial charge in [-0.1, -0.05) is 0 Å². The van der Waals surface area contributed by atoms with Gasteiger partial charge in [-0.25, -0.2) is 4.98 Å². The van der Waals surface area contributed by atoms with Crippen LogP contribution in [0.4, 0.5) is 5.82 Å². The van der Waals surface area contributed by atoms with Gasteiger partial charge < -0.3 is 19.9 Å². The first-order valence-electron chi connectivity index (χ1n) is 7.79. The SMILES string of the molecule is COc1cc(N2CCN(C(=O)[C@H]3CCC(=O)N3)CC2)nc(C)n1. The van der Waals surface area contributed by atoms with E-state index in [1.165, 1.54) is 0 Å². The number of carbonyl (C=O) groups is 2. The van der Waals surface area contributed by atoms with E-state index >= 15 is 0 Å². The molecule has 0 spiro atoms. The Balaban J connectivity index is 1.61. The standard InChI is InChI=1S/C15H21N5O3/c1-10-16-12(9-14(17-10)23-2)19-5-7-20(8-6-19)15(22)11-3-4-13(21)18-11/h9,11H,3-8H2,1-2H3,(H,18,21)/t11-/m1/s1. The molecule has 1 aromatic rings. The molecular weight excluding hydrogens is 298 g/mol. The Bertz CT molecular complexity index is 613. The summed E-state index contributed by atoms with van der Waals surface area (Å²) in [6.45, 7) is 4.47. The first-order valence-corrected chi connectivity index (χ1v) is 7.79. The monoisotopic (exact) mass is 319 g/mol. The molecule has 2 aliphatic rings. The van der Waals surface area contributed by atoms with Crippen LogP contribution in [0.5, 0.6) is 5.88 Å². The molecule has 2 aliphatic heterocycles. The molecule has 2 saturated heterocycles. The highest BCUT2D eigenvalue weighted by Crippen LogP contribution is 2.19. The molecule has 0 radical (unpaired) electrons. The van der Waals surface area contributed by atoms with Crippen LogP contribution >= 0.6 is 0 Å². The van der Waals surface area contributed by atoms with Crippen molar-refractivity contribution in [1.29, 1.82) is 0 Å². The Labute approximate surface area is 134 Å². The molecule has 3 heterocycles. The van der Waals surface area contributed by atoms with Crippen LogP contribution in [0.3, 0.4) is 0 Å². The predicted octanol–water partition coefficient (Wildman–Crippen LogP) is -0.279. The van der Waals surface area contributed by atoms with E-state index in [1.54, 1.807) is 7.11 Å². The van der Waals surface area contributed by atoms with Gasteiger partial charge >= 0.3 is 0 Å². The Morgan fingerprint density at radius 2 is 2.04 bits per heavy atom. The number of piperazine rings is 1. The number of methoxy groups -OCH3 is 1. The van der Waals surface area contributed by atoms with Crippen molar-refractivity contribution in [3.8, 4) is 5.88 Å². The molecule has 8 nitrogen and oxygen atoms in total. The van der Waals surface area contributed by atoms with Gasteiger partial charge in [0.05, 0.1) is 7.11 Å². The van der Waals surface area contributed by atoms with Crippen molar-refractivity contribution in [2.45, 2.75) is 25.8 Å². The smallest absolute Gasteiger partial charge is 0.245 e. The Morgan fingerprint density at radius 3 is 2.65 bits per heavy atom. The second-order valence-corrected chi connectivity index (χ2v) is 5.79. The third kappa shape index (κ3) is 3.35. The van der Waals surface area contributed by atoms with Gasteiger partial charge in [0.25, 0.3) is 0 Å². The predicted molar refractivity (Wildman–Crippen MR) is 83.3 cm³/mol. The summed E-state index contributed by atoms with van der Waals surface area (Å²) in [4.78, 5) is 36.2. The van der Waals surface area contributed by atoms with Crippen LogP contribution in [0.15, 0.2) is 6.07 Å². The van der Waals surface area contributed by atoms with E-state index in [-0.39, 0.29) is 17.9 Å². The number of hydrogen-bond donors (Lipinski definition) is 1. The first kappa shape index (κ1) is 15.5. The zero-order chi connectivity index (χ0) is 16.4. The van der Waals surface area contributed by atoms with E-state index in [2.05, 4.69) is 20.2 Å². The molecule has 1 atom stereocenters. The highest BCUT2D eigenvalue weighted by molar-refractivity contribution is 5.90. The minimum absolute atomic E-state index is 0.0203. The highest BCUT2D eigenvalue weighted by atomic mass is 16.5. The molecule has 1 aromatic heterocycles. The van der Waals surface area contributed by atoms with E-state index in [0.717, 1.165) is 5.82 Å². The summed E-state index contributed by atoms with van der Waals surface area (Å²) in [5.74, 6) is 2.00. The summed E-state index contributed by atoms with van der Waals surface area (Å²) in [5.41, 5.74) is 0. The van der Waals surface area contributed by atoms with Crippen molar-refractivity contribution in [2.24, 2.45) is 0 Å². The molecule has 1 N–H and O–H groups in total. The minimum atomic E-state index is -0.351. The number of nitrogens with zero attached hydrogens (tertiary/aromatic N) is 4. The lowest BCUT2D eigenvalue weighted by atomic mass is 10.2. The topological polar surface area (TPSA) is 87.7 Å². The van der Waals surface area contributed by atoms with Crippen molar-refractivity contribution < 1.29 is 14.3 Å². The number of aromatic nitrogens is 2. The summed E-state index contributed by atoms with van der Waals surface area (Å²) >= 11 is 0. The van der Waals surface area contributed by atoms with E-state index in [1.807, 2.05) is 17.9 Å². The van der Waals surface area contributed by atoms with E-state index < -0.39 is 0 Å². The van der Waals surface area contributed by atoms with Gasteiger partial charge in [0.15, 0.2) is 0 Å². The quantitative estimate of drug-likeness (QED) is 0.824. The summed E-state index contributed by atoms with van der Waals surface area (Å²) in [6.07, 6.45) is 1.04. The summed E-state index contributed by atoms with van der Waals surface area (Å²) < 4.78 is 5.18. The molecule has 23 heavy (non-hydrogen) atoms. The lowest BCUT2D eigenvalue weighted by Crippen LogP contribution is -2.53. The average molecular weight is 319 g/mol. The molecule has 3 rings (SSSR count). The average Bonchev–Trinajstić information content (AvgIpc) is 3.00. The Hall–Kier alpha value is -2.38. The number of carbonyl (C=O) groups excluding carboxylic acids is 2. The number of aryl methyl sites for hydroxylation is 1. The zero-order valence-corrected chi connectivity index (χ0v) is 13.4. The normalized spacial score (nSPS) is 21.3. The number of ether oxygens (including phenoxy) is 1. The molecule has 8 heteroatoms. The molecule has 0 bridgehead atoms. The lowest BCUT2D eigenvalue weighted by molar-refractivity contribution is -0.134. The fraction of sp³-hybridized carbons (Fsp3) is 0.600. The van der Waals surface area contributed by atoms with Crippen molar-refractivity contribution in [2.75, 3.05) is 38.2 Å². The van der Waals surface area contributed by atoms with Crippen LogP contribution in [0.2, 0.25) is 0 Å². The third-order valence-electron chi connectivity index (χ3n) is 4.22. The van der Waals surface area contributed by atoms with Crippen LogP contribution in [-0.4, -0.2) is 66.0 Å². The number of hydrogen-bond acceptors (Lipinski definition) is 6. The van der Waals surface area contributed by atoms with Crippen molar-refractivity contribution in [3.05, 3.63) is 11.9 Å². The highest BCUT2D eigenvalue weighted by Gasteiger charge is 2.32. The zero-order valence-electron chi connectivity index (χ0n) is 13.4. The summed E-state index contributed by atoms with van der Waals surface area (Å²) in [5, 5.41) is 2.74. The second kappa shape index (κ2) is 6.39. The number of rotatable bonds is 3. The molecular formula is C15H21N5O3. The van der Waals surface area contributed by atoms with E-state index in [9.17, 15) is 9.59 Å². The third-order valence-corrected chi connectivity index (χ3v) is 4.22. The Morgan fingerprint density at radius 1 is 1.30 bits per heavy atom. The second-order valence-electron chi connectivity index (χ2n) is 5.79. The fourth-order valence-corrected chi connectivity index (χ4v) is 2.97. The lowest BCUT2D eigenvalue weighted by Gasteiger charge is -2.36. The van der Waals surface area contributed by atoms with Gasteiger partial charge in [0, 0.05) is 38.7 Å². The van der Waals surface area contributed by atoms with Gasteiger partial charge in [-0.3, -0.25) is 9.59 Å². The molecule has 0 aromatic carbocycles. The molecule has 0 aliphatic carbocycles. The number of nitrogens with one attached hydrogen (secondary N) is 1. The van der Waals surface area contributed by atoms with Crippen molar-refractivity contribution >= 4 is 17.6 Å². The Kier molecular flexibility index (Phi) is 4.31. The maximum Gasteiger partial charge on any atom is 0.245 e. The van der Waals surface area contributed by atoms with Gasteiger partial charge in [0.1, 0.15) is 17.7 Å². The van der Waals surface area contributed by atoms with Crippen LogP contribution in [0, 0.1) is 6.92 Å². The van der Waals surface area contributed by atoms with Gasteiger partial charge in [0.2, 0.25) is 17.7 Å².